The van der Waals surface area contributed by atoms with Crippen molar-refractivity contribution in [3.05, 3.63) is 22.4 Å². The minimum Gasteiger partial charge on any atom is -0.277 e. The highest BCUT2D eigenvalue weighted by molar-refractivity contribution is 7.81. The fourth-order valence-electron chi connectivity index (χ4n) is 1.79. The maximum absolute atomic E-state index is 11.6. The molecule has 0 bridgehead atoms. The van der Waals surface area contributed by atoms with E-state index in [2.05, 4.69) is 23.3 Å². The Balaban J connectivity index is 1.95. The molecule has 2 rings (SSSR count). The van der Waals surface area contributed by atoms with Crippen molar-refractivity contribution in [1.82, 2.24) is 10.6 Å². The lowest BCUT2D eigenvalue weighted by Crippen LogP contribution is -2.58. The average Bonchev–Trinajstić information content (AvgIpc) is 2.77. The highest BCUT2D eigenvalue weighted by Crippen LogP contribution is 2.21. The van der Waals surface area contributed by atoms with Gasteiger partial charge in [0.25, 0.3) is 0 Å². The number of hydrogen-bond acceptors (Lipinski definition) is 5. The van der Waals surface area contributed by atoms with Gasteiger partial charge in [-0.15, -0.1) is 11.3 Å². The average molecular weight is 284 g/mol. The Morgan fingerprint density at radius 1 is 1.28 bits per heavy atom. The quantitative estimate of drug-likeness (QED) is 0.569. The van der Waals surface area contributed by atoms with Crippen LogP contribution in [0.15, 0.2) is 17.5 Å². The lowest BCUT2D eigenvalue weighted by molar-refractivity contribution is -0.135. The van der Waals surface area contributed by atoms with Gasteiger partial charge in [-0.1, -0.05) is 6.07 Å². The zero-order chi connectivity index (χ0) is 13.1. The lowest BCUT2D eigenvalue weighted by atomic mass is 9.97. The minimum atomic E-state index is -0.911. The monoisotopic (exact) mass is 284 g/mol. The van der Waals surface area contributed by atoms with Crippen molar-refractivity contribution in [3.63, 3.8) is 0 Å². The van der Waals surface area contributed by atoms with Gasteiger partial charge in [-0.2, -0.15) is 12.6 Å². The molecule has 2 heterocycles. The molecule has 0 aliphatic carbocycles. The Kier molecular flexibility index (Phi) is 4.03. The fraction of sp³-hybridized carbons (Fsp3) is 0.364. The first-order valence-corrected chi connectivity index (χ1v) is 6.83. The van der Waals surface area contributed by atoms with Gasteiger partial charge in [-0.25, -0.2) is 4.79 Å². The zero-order valence-electron chi connectivity index (χ0n) is 9.38. The zero-order valence-corrected chi connectivity index (χ0v) is 11.1. The third-order valence-corrected chi connectivity index (χ3v) is 4.18. The van der Waals surface area contributed by atoms with Crippen LogP contribution in [0.1, 0.15) is 11.3 Å². The number of urea groups is 1. The Morgan fingerprint density at radius 3 is 2.50 bits per heavy atom. The first-order chi connectivity index (χ1) is 8.58. The van der Waals surface area contributed by atoms with E-state index in [0.29, 0.717) is 6.42 Å². The molecule has 1 saturated heterocycles. The molecule has 0 unspecified atom stereocenters. The van der Waals surface area contributed by atoms with Gasteiger partial charge >= 0.3 is 6.03 Å². The number of nitrogens with one attached hydrogen (secondary N) is 2. The van der Waals surface area contributed by atoms with Gasteiger partial charge in [0.1, 0.15) is 5.92 Å². The van der Waals surface area contributed by atoms with Gasteiger partial charge < -0.3 is 0 Å². The molecular formula is C11H12N2O3S2. The molecule has 1 aliphatic rings. The molecule has 96 valence electrons. The molecule has 1 atom stereocenters. The molecule has 7 heteroatoms. The molecule has 1 aromatic rings. The van der Waals surface area contributed by atoms with E-state index in [9.17, 15) is 14.4 Å². The first-order valence-electron chi connectivity index (χ1n) is 5.44. The molecule has 4 amide bonds. The van der Waals surface area contributed by atoms with Crippen molar-refractivity contribution in [3.8, 4) is 0 Å². The summed E-state index contributed by atoms with van der Waals surface area (Å²) in [4.78, 5) is 35.2. The molecular weight excluding hydrogens is 272 g/mol. The summed E-state index contributed by atoms with van der Waals surface area (Å²) in [5.74, 6) is -2.06. The number of rotatable bonds is 4. The van der Waals surface area contributed by atoms with E-state index < -0.39 is 29.0 Å². The molecule has 0 saturated carbocycles. The number of hydrogen-bond donors (Lipinski definition) is 3. The van der Waals surface area contributed by atoms with Gasteiger partial charge in [-0.3, -0.25) is 20.2 Å². The van der Waals surface area contributed by atoms with E-state index >= 15 is 0 Å². The van der Waals surface area contributed by atoms with E-state index in [1.165, 1.54) is 4.88 Å². The van der Waals surface area contributed by atoms with E-state index in [1.54, 1.807) is 11.3 Å². The van der Waals surface area contributed by atoms with Crippen LogP contribution in [0, 0.1) is 5.92 Å². The second-order valence-electron chi connectivity index (χ2n) is 3.97. The number of aryl methyl sites for hydroxylation is 1. The number of thiophene rings is 1. The topological polar surface area (TPSA) is 75.3 Å². The van der Waals surface area contributed by atoms with E-state index in [1.807, 2.05) is 17.5 Å². The highest BCUT2D eigenvalue weighted by Gasteiger charge is 2.38. The third kappa shape index (κ3) is 2.91. The Labute approximate surface area is 113 Å². The molecule has 1 aliphatic heterocycles. The number of barbiturate groups is 1. The van der Waals surface area contributed by atoms with Crippen molar-refractivity contribution < 1.29 is 14.4 Å². The molecule has 0 radical (unpaired) electrons. The van der Waals surface area contributed by atoms with E-state index in [4.69, 9.17) is 0 Å². The van der Waals surface area contributed by atoms with Crippen molar-refractivity contribution in [2.75, 3.05) is 0 Å². The van der Waals surface area contributed by atoms with Crippen LogP contribution in [-0.4, -0.2) is 23.1 Å². The van der Waals surface area contributed by atoms with Gasteiger partial charge in [0, 0.05) is 10.1 Å². The van der Waals surface area contributed by atoms with E-state index in [0.717, 1.165) is 6.42 Å². The summed E-state index contributed by atoms with van der Waals surface area (Å²) in [5.41, 5.74) is 0. The molecule has 2 N–H and O–H groups in total. The molecule has 0 aromatic carbocycles. The van der Waals surface area contributed by atoms with Crippen molar-refractivity contribution in [2.45, 2.75) is 18.1 Å². The first kappa shape index (κ1) is 13.1. The largest absolute Gasteiger partial charge is 0.328 e. The summed E-state index contributed by atoms with van der Waals surface area (Å²) < 4.78 is 0. The van der Waals surface area contributed by atoms with E-state index in [-0.39, 0.29) is 0 Å². The molecule has 0 spiro atoms. The summed E-state index contributed by atoms with van der Waals surface area (Å²) >= 11 is 5.93. The predicted octanol–water partition coefficient (Wildman–Crippen LogP) is 0.961. The summed E-state index contributed by atoms with van der Waals surface area (Å²) in [6.07, 6.45) is 1.36. The predicted molar refractivity (Wildman–Crippen MR) is 70.6 cm³/mol. The van der Waals surface area contributed by atoms with Crippen LogP contribution in [0.2, 0.25) is 0 Å². The van der Waals surface area contributed by atoms with Crippen LogP contribution in [0.3, 0.4) is 0 Å². The standard InChI is InChI=1S/C11H12N2O3S2/c14-9-8(10(15)13-11(16)12-9)7(17)4-3-6-2-1-5-18-6/h1-2,5,7-8,17H,3-4H2,(H2,12,13,14,15,16)/t7-/m1/s1. The second kappa shape index (κ2) is 5.53. The summed E-state index contributed by atoms with van der Waals surface area (Å²) in [7, 11) is 0. The number of imide groups is 2. The van der Waals surface area contributed by atoms with Gasteiger partial charge in [0.2, 0.25) is 11.8 Å². The highest BCUT2D eigenvalue weighted by atomic mass is 32.1. The summed E-state index contributed by atoms with van der Waals surface area (Å²) in [5, 5.41) is 5.73. The Morgan fingerprint density at radius 2 is 1.94 bits per heavy atom. The normalized spacial score (nSPS) is 18.4. The van der Waals surface area contributed by atoms with Gasteiger partial charge in [0.15, 0.2) is 0 Å². The van der Waals surface area contributed by atoms with Crippen molar-refractivity contribution in [1.29, 1.82) is 0 Å². The smallest absolute Gasteiger partial charge is 0.277 e. The van der Waals surface area contributed by atoms with Crippen LogP contribution in [0.25, 0.3) is 0 Å². The second-order valence-corrected chi connectivity index (χ2v) is 5.67. The summed E-state index contributed by atoms with van der Waals surface area (Å²) in [6.45, 7) is 0. The Bertz CT molecular complexity index is 453. The van der Waals surface area contributed by atoms with Crippen LogP contribution in [0.5, 0.6) is 0 Å². The van der Waals surface area contributed by atoms with Crippen LogP contribution in [0.4, 0.5) is 4.79 Å². The van der Waals surface area contributed by atoms with Crippen molar-refractivity contribution >= 4 is 41.8 Å². The molecule has 5 nitrogen and oxygen atoms in total. The number of amides is 4. The van der Waals surface area contributed by atoms with Crippen LogP contribution >= 0.6 is 24.0 Å². The molecule has 18 heavy (non-hydrogen) atoms. The SMILES string of the molecule is O=C1NC(=O)C([C@H](S)CCc2cccs2)C(=O)N1. The number of carbonyl (C=O) groups excluding carboxylic acids is 3. The lowest BCUT2D eigenvalue weighted by Gasteiger charge is -2.24. The maximum Gasteiger partial charge on any atom is 0.328 e. The number of thiol groups is 1. The number of carbonyl (C=O) groups is 3. The third-order valence-electron chi connectivity index (χ3n) is 2.69. The Hall–Kier alpha value is -1.34. The van der Waals surface area contributed by atoms with Gasteiger partial charge in [-0.05, 0) is 24.3 Å². The minimum absolute atomic E-state index is 0.403. The van der Waals surface area contributed by atoms with Crippen LogP contribution in [-0.2, 0) is 16.0 Å². The van der Waals surface area contributed by atoms with Crippen LogP contribution < -0.4 is 10.6 Å². The summed E-state index contributed by atoms with van der Waals surface area (Å²) in [6, 6.07) is 3.18. The molecule has 1 aromatic heterocycles. The molecule has 1 fully saturated rings. The fourth-order valence-corrected chi connectivity index (χ4v) is 2.92. The van der Waals surface area contributed by atoms with Gasteiger partial charge in [0.05, 0.1) is 0 Å². The van der Waals surface area contributed by atoms with Crippen molar-refractivity contribution in [2.24, 2.45) is 5.92 Å². The maximum atomic E-state index is 11.6.